The normalized spacial score (nSPS) is 17.0. The largest absolute Gasteiger partial charge is 0.490 e. The molecule has 0 radical (unpaired) electrons. The van der Waals surface area contributed by atoms with E-state index in [9.17, 15) is 14.4 Å². The van der Waals surface area contributed by atoms with Crippen molar-refractivity contribution in [3.05, 3.63) is 115 Å². The minimum absolute atomic E-state index is 0.0846. The summed E-state index contributed by atoms with van der Waals surface area (Å²) in [6, 6.07) is 21.3. The summed E-state index contributed by atoms with van der Waals surface area (Å²) in [6.45, 7) is 4.12. The van der Waals surface area contributed by atoms with Crippen LogP contribution in [0, 0.1) is 0 Å². The smallest absolute Gasteiger partial charge is 0.333 e. The number of fused-ring (bicyclic) bond motifs is 1. The van der Waals surface area contributed by atoms with Gasteiger partial charge in [-0.25, -0.2) is 4.79 Å². The summed E-state index contributed by atoms with van der Waals surface area (Å²) >= 11 is 9.66. The first-order chi connectivity index (χ1) is 20.2. The van der Waals surface area contributed by atoms with Crippen molar-refractivity contribution < 1.29 is 14.3 Å². The van der Waals surface area contributed by atoms with Gasteiger partial charge in [-0.05, 0) is 90.6 Å². The van der Waals surface area contributed by atoms with Crippen molar-refractivity contribution in [3.63, 3.8) is 0 Å². The third-order valence-electron chi connectivity index (χ3n) is 7.76. The molecule has 2 amide bonds. The fraction of sp³-hybridized carbons (Fsp3) is 0.281. The quantitative estimate of drug-likeness (QED) is 0.261. The highest BCUT2D eigenvalue weighted by Crippen LogP contribution is 2.30. The fourth-order valence-corrected chi connectivity index (χ4v) is 5.73. The molecular weight excluding hydrogens is 620 g/mol. The maximum Gasteiger partial charge on any atom is 0.333 e. The Labute approximate surface area is 257 Å². The zero-order valence-electron chi connectivity index (χ0n) is 23.2. The molecule has 2 atom stereocenters. The standard InChI is InChI=1S/C32H30BrClN4O4/c1-19-17-37-28(18-36(19)31(40)22-8-15-26(33)27(34)16-22)29(30(39)35-20(2)21-6-4-3-5-7-21)38(32(37)41)23-9-11-24(12-10-23)42-25-13-14-25/h3-12,15-16,19-20,25H,13-14,17-18H2,1-2H3,(H,35,39)/t19-,20+/m0/s1. The van der Waals surface area contributed by atoms with E-state index in [4.69, 9.17) is 16.3 Å². The van der Waals surface area contributed by atoms with E-state index in [0.717, 1.165) is 24.2 Å². The van der Waals surface area contributed by atoms with Crippen LogP contribution in [0.25, 0.3) is 5.69 Å². The van der Waals surface area contributed by atoms with Crippen LogP contribution in [-0.2, 0) is 13.1 Å². The maximum absolute atomic E-state index is 14.0. The van der Waals surface area contributed by atoms with Crippen LogP contribution in [0.3, 0.4) is 0 Å². The number of imidazole rings is 1. The van der Waals surface area contributed by atoms with E-state index in [-0.39, 0.29) is 48.6 Å². The van der Waals surface area contributed by atoms with E-state index in [0.29, 0.717) is 26.4 Å². The van der Waals surface area contributed by atoms with Crippen LogP contribution in [0.4, 0.5) is 0 Å². The number of carbonyl (C=O) groups is 2. The van der Waals surface area contributed by atoms with Gasteiger partial charge in [-0.3, -0.25) is 18.7 Å². The number of aromatic nitrogens is 2. The molecule has 216 valence electrons. The monoisotopic (exact) mass is 648 g/mol. The Morgan fingerprint density at radius 1 is 1.05 bits per heavy atom. The molecule has 8 nitrogen and oxygen atoms in total. The van der Waals surface area contributed by atoms with Gasteiger partial charge in [-0.1, -0.05) is 41.9 Å². The van der Waals surface area contributed by atoms with Crippen LogP contribution in [0.5, 0.6) is 5.75 Å². The fourth-order valence-electron chi connectivity index (χ4n) is 5.30. The first-order valence-electron chi connectivity index (χ1n) is 13.9. The number of rotatable bonds is 7. The highest BCUT2D eigenvalue weighted by atomic mass is 79.9. The number of hydrogen-bond acceptors (Lipinski definition) is 4. The second kappa shape index (κ2) is 11.5. The number of hydrogen-bond donors (Lipinski definition) is 1. The van der Waals surface area contributed by atoms with Crippen LogP contribution in [0.1, 0.15) is 64.8 Å². The number of nitrogens with zero attached hydrogens (tertiary/aromatic N) is 3. The first kappa shape index (κ1) is 28.3. The molecule has 1 aliphatic carbocycles. The van der Waals surface area contributed by atoms with Gasteiger partial charge < -0.3 is 15.0 Å². The molecule has 4 aromatic rings. The average molecular weight is 650 g/mol. The van der Waals surface area contributed by atoms with E-state index in [1.54, 1.807) is 39.8 Å². The average Bonchev–Trinajstić information content (AvgIpc) is 3.76. The molecular formula is C32H30BrClN4O4. The molecule has 2 aliphatic rings. The Kier molecular flexibility index (Phi) is 7.72. The minimum Gasteiger partial charge on any atom is -0.490 e. The summed E-state index contributed by atoms with van der Waals surface area (Å²) in [5.41, 5.74) is 2.27. The third kappa shape index (κ3) is 5.51. The van der Waals surface area contributed by atoms with Gasteiger partial charge in [0.15, 0.2) is 0 Å². The van der Waals surface area contributed by atoms with Crippen LogP contribution >= 0.6 is 27.5 Å². The van der Waals surface area contributed by atoms with Crippen molar-refractivity contribution in [1.82, 2.24) is 19.4 Å². The summed E-state index contributed by atoms with van der Waals surface area (Å²) < 4.78 is 9.64. The SMILES string of the molecule is C[C@@H](NC(=O)c1c2n(c(=O)n1-c1ccc(OC3CC3)cc1)C[C@H](C)N(C(=O)c1ccc(Br)c(Cl)c1)C2)c1ccccc1. The molecule has 6 rings (SSSR count). The molecule has 1 aliphatic heterocycles. The summed E-state index contributed by atoms with van der Waals surface area (Å²) in [4.78, 5) is 43.3. The van der Waals surface area contributed by atoms with E-state index in [2.05, 4.69) is 21.2 Å². The third-order valence-corrected chi connectivity index (χ3v) is 8.99. The van der Waals surface area contributed by atoms with Crippen molar-refractivity contribution >= 4 is 39.3 Å². The minimum atomic E-state index is -0.399. The number of amides is 2. The lowest BCUT2D eigenvalue weighted by Gasteiger charge is -2.34. The van der Waals surface area contributed by atoms with Crippen LogP contribution in [-0.4, -0.2) is 38.0 Å². The number of carbonyl (C=O) groups excluding carboxylic acids is 2. The number of halogens is 2. The van der Waals surface area contributed by atoms with Gasteiger partial charge >= 0.3 is 5.69 Å². The second-order valence-corrected chi connectivity index (χ2v) is 12.1. The van der Waals surface area contributed by atoms with Crippen LogP contribution in [0.2, 0.25) is 5.02 Å². The van der Waals surface area contributed by atoms with Crippen LogP contribution in [0.15, 0.2) is 82.1 Å². The summed E-state index contributed by atoms with van der Waals surface area (Å²) in [7, 11) is 0. The van der Waals surface area contributed by atoms with Gasteiger partial charge in [0.25, 0.3) is 11.8 Å². The lowest BCUT2D eigenvalue weighted by atomic mass is 10.1. The maximum atomic E-state index is 14.0. The van der Waals surface area contributed by atoms with Gasteiger partial charge in [0, 0.05) is 22.6 Å². The Balaban J connectivity index is 1.40. The predicted octanol–water partition coefficient (Wildman–Crippen LogP) is 6.13. The van der Waals surface area contributed by atoms with Gasteiger partial charge in [0.2, 0.25) is 0 Å². The van der Waals surface area contributed by atoms with E-state index in [1.807, 2.05) is 56.3 Å². The van der Waals surface area contributed by atoms with E-state index in [1.165, 1.54) is 4.57 Å². The lowest BCUT2D eigenvalue weighted by molar-refractivity contribution is 0.0610. The Morgan fingerprint density at radius 3 is 2.43 bits per heavy atom. The highest BCUT2D eigenvalue weighted by Gasteiger charge is 2.36. The van der Waals surface area contributed by atoms with Crippen molar-refractivity contribution in [1.29, 1.82) is 0 Å². The highest BCUT2D eigenvalue weighted by molar-refractivity contribution is 9.10. The first-order valence-corrected chi connectivity index (χ1v) is 15.1. The van der Waals surface area contributed by atoms with Gasteiger partial charge in [-0.2, -0.15) is 0 Å². The van der Waals surface area contributed by atoms with E-state index >= 15 is 0 Å². The zero-order chi connectivity index (χ0) is 29.5. The topological polar surface area (TPSA) is 85.6 Å². The molecule has 0 unspecified atom stereocenters. The molecule has 1 fully saturated rings. The molecule has 42 heavy (non-hydrogen) atoms. The van der Waals surface area contributed by atoms with Crippen molar-refractivity contribution in [2.24, 2.45) is 0 Å². The molecule has 0 bridgehead atoms. The number of benzene rings is 3. The molecule has 1 aromatic heterocycles. The van der Waals surface area contributed by atoms with Gasteiger partial charge in [0.05, 0.1) is 35.1 Å². The summed E-state index contributed by atoms with van der Waals surface area (Å²) in [5.74, 6) is 0.0959. The van der Waals surface area contributed by atoms with Crippen molar-refractivity contribution in [3.8, 4) is 11.4 Å². The van der Waals surface area contributed by atoms with E-state index < -0.39 is 5.91 Å². The number of nitrogens with one attached hydrogen (secondary N) is 1. The van der Waals surface area contributed by atoms with Crippen molar-refractivity contribution in [2.45, 2.75) is 58.0 Å². The Morgan fingerprint density at radius 2 is 1.76 bits per heavy atom. The molecule has 10 heteroatoms. The van der Waals surface area contributed by atoms with Crippen molar-refractivity contribution in [2.75, 3.05) is 0 Å². The molecule has 2 heterocycles. The molecule has 1 N–H and O–H groups in total. The van der Waals surface area contributed by atoms with Gasteiger partial charge in [-0.15, -0.1) is 0 Å². The Bertz CT molecular complexity index is 1710. The lowest BCUT2D eigenvalue weighted by Crippen LogP contribution is -2.47. The predicted molar refractivity (Wildman–Crippen MR) is 164 cm³/mol. The van der Waals surface area contributed by atoms with Crippen LogP contribution < -0.4 is 15.7 Å². The molecule has 3 aromatic carbocycles. The zero-order valence-corrected chi connectivity index (χ0v) is 25.6. The molecule has 1 saturated carbocycles. The molecule has 0 spiro atoms. The number of ether oxygens (including phenoxy) is 1. The summed E-state index contributed by atoms with van der Waals surface area (Å²) in [6.07, 6.45) is 2.32. The summed E-state index contributed by atoms with van der Waals surface area (Å²) in [5, 5.41) is 3.50. The molecule has 0 saturated heterocycles. The Hall–Kier alpha value is -3.82. The second-order valence-electron chi connectivity index (χ2n) is 10.9. The van der Waals surface area contributed by atoms with Gasteiger partial charge in [0.1, 0.15) is 11.4 Å².